The van der Waals surface area contributed by atoms with Crippen LogP contribution in [0, 0.1) is 22.7 Å². The first kappa shape index (κ1) is 41.9. The summed E-state index contributed by atoms with van der Waals surface area (Å²) in [7, 11) is 3.13. The minimum absolute atomic E-state index is 0.0486. The molecular weight excluding hydrogens is 666 g/mol. The average molecular weight is 726 g/mol. The fourth-order valence-corrected chi connectivity index (χ4v) is 6.87. The average Bonchev–Trinajstić information content (AvgIpc) is 3.39. The zero-order chi connectivity index (χ0) is 39.1. The molecule has 52 heavy (non-hydrogen) atoms. The highest BCUT2D eigenvalue weighted by Gasteiger charge is 2.70. The first-order valence-corrected chi connectivity index (χ1v) is 18.3. The van der Waals surface area contributed by atoms with Gasteiger partial charge in [-0.1, -0.05) is 91.6 Å². The number of nitrogens with one attached hydrogen (secondary N) is 5. The molecule has 14 heteroatoms. The quantitative estimate of drug-likeness (QED) is 0.162. The maximum atomic E-state index is 14.2. The lowest BCUT2D eigenvalue weighted by atomic mass is 9.85. The maximum Gasteiger partial charge on any atom is 0.315 e. The number of carbonyl (C=O) groups is 7. The van der Waals surface area contributed by atoms with Crippen molar-refractivity contribution in [1.82, 2.24) is 36.4 Å². The van der Waals surface area contributed by atoms with Gasteiger partial charge in [-0.25, -0.2) is 4.79 Å². The van der Waals surface area contributed by atoms with Crippen LogP contribution in [0.1, 0.15) is 92.7 Å². The van der Waals surface area contributed by atoms with E-state index in [1.54, 1.807) is 44.4 Å². The predicted molar refractivity (Wildman–Crippen MR) is 196 cm³/mol. The van der Waals surface area contributed by atoms with E-state index in [-0.39, 0.29) is 35.6 Å². The number of ketones is 1. The standard InChI is InChI=1S/C38H59N7O7/c1-11-13-19-25(30(47)33(49)39-20-26(46)42-28(34(50)44(9)10)23-17-15-14-16-18-23)41-32(48)29-27-24(38(27,7)8)21-45(29)35(51)31(37(4,5)6)43-36(52)40-22(3)12-2/h14-18,22,24-25,27-29,31H,11-13,19-21H2,1-10H3,(H,39,49)(H,41,48)(H,42,46)(H2,40,43,52)/t22?,24?,25?,27?,28-,29-,31+/m0/s1. The topological polar surface area (TPSA) is 186 Å². The predicted octanol–water partition coefficient (Wildman–Crippen LogP) is 2.29. The zero-order valence-corrected chi connectivity index (χ0v) is 32.4. The van der Waals surface area contributed by atoms with Gasteiger partial charge in [0.05, 0.1) is 12.6 Å². The summed E-state index contributed by atoms with van der Waals surface area (Å²) in [4.78, 5) is 96.3. The Kier molecular flexibility index (Phi) is 14.0. The van der Waals surface area contributed by atoms with Crippen LogP contribution < -0.4 is 26.6 Å². The molecule has 5 N–H and O–H groups in total. The Bertz CT molecular complexity index is 1490. The molecule has 1 aliphatic carbocycles. The first-order valence-electron chi connectivity index (χ1n) is 18.3. The molecule has 1 saturated carbocycles. The van der Waals surface area contributed by atoms with Crippen molar-refractivity contribution in [2.75, 3.05) is 27.2 Å². The summed E-state index contributed by atoms with van der Waals surface area (Å²) in [6, 6.07) is 4.04. The van der Waals surface area contributed by atoms with Gasteiger partial charge in [-0.15, -0.1) is 0 Å². The van der Waals surface area contributed by atoms with Crippen LogP contribution in [0.5, 0.6) is 0 Å². The Morgan fingerprint density at radius 1 is 0.942 bits per heavy atom. The van der Waals surface area contributed by atoms with Crippen LogP contribution in [0.25, 0.3) is 0 Å². The van der Waals surface area contributed by atoms with Crippen molar-refractivity contribution < 1.29 is 33.6 Å². The van der Waals surface area contributed by atoms with Crippen LogP contribution in [-0.4, -0.2) is 103 Å². The molecular formula is C38H59N7O7. The van der Waals surface area contributed by atoms with Crippen molar-refractivity contribution in [3.8, 4) is 0 Å². The molecule has 1 aliphatic heterocycles. The lowest BCUT2D eigenvalue weighted by Crippen LogP contribution is -2.61. The van der Waals surface area contributed by atoms with Crippen molar-refractivity contribution in [3.63, 3.8) is 0 Å². The highest BCUT2D eigenvalue weighted by atomic mass is 16.2. The highest BCUT2D eigenvalue weighted by Crippen LogP contribution is 2.65. The molecule has 14 nitrogen and oxygen atoms in total. The maximum absolute atomic E-state index is 14.2. The van der Waals surface area contributed by atoms with E-state index in [1.165, 1.54) is 9.80 Å². The Morgan fingerprint density at radius 3 is 2.13 bits per heavy atom. The number of benzene rings is 1. The molecule has 4 unspecified atom stereocenters. The van der Waals surface area contributed by atoms with E-state index in [9.17, 15) is 33.6 Å². The second-order valence-electron chi connectivity index (χ2n) is 16.0. The number of likely N-dealkylation sites (N-methyl/N-ethyl adjacent to an activating group) is 1. The lowest BCUT2D eigenvalue weighted by molar-refractivity contribution is -0.145. The SMILES string of the molecule is CCCCC(NC(=O)[C@@H]1C2C(CN1C(=O)[C@@H](NC(=O)NC(C)CC)C(C)(C)C)C2(C)C)C(=O)C(=O)NCC(=O)N[C@H](C(=O)N(C)C)c1ccccc1. The zero-order valence-electron chi connectivity index (χ0n) is 32.4. The number of nitrogens with zero attached hydrogens (tertiary/aromatic N) is 2. The molecule has 3 rings (SSSR count). The Morgan fingerprint density at radius 2 is 1.58 bits per heavy atom. The van der Waals surface area contributed by atoms with Crippen LogP contribution in [0.15, 0.2) is 30.3 Å². The number of unbranched alkanes of at least 4 members (excludes halogenated alkanes) is 1. The number of Topliss-reactive ketones (excluding diaryl/α,β-unsaturated/α-hetero) is 1. The van der Waals surface area contributed by atoms with Gasteiger partial charge in [0, 0.05) is 26.7 Å². The van der Waals surface area contributed by atoms with Gasteiger partial charge in [0.15, 0.2) is 0 Å². The highest BCUT2D eigenvalue weighted by molar-refractivity contribution is 6.38. The molecule has 0 bridgehead atoms. The normalized spacial score (nSPS) is 21.0. The van der Waals surface area contributed by atoms with E-state index in [4.69, 9.17) is 0 Å². The van der Waals surface area contributed by atoms with E-state index in [1.807, 2.05) is 55.4 Å². The van der Waals surface area contributed by atoms with Crippen LogP contribution in [0.3, 0.4) is 0 Å². The second kappa shape index (κ2) is 17.4. The number of hydrogen-bond acceptors (Lipinski definition) is 7. The van der Waals surface area contributed by atoms with Gasteiger partial charge in [-0.3, -0.25) is 28.8 Å². The molecule has 7 amide bonds. The summed E-state index contributed by atoms with van der Waals surface area (Å²) in [6.07, 6.45) is 2.11. The summed E-state index contributed by atoms with van der Waals surface area (Å²) in [5, 5.41) is 13.4. The van der Waals surface area contributed by atoms with Gasteiger partial charge < -0.3 is 36.4 Å². The summed E-state index contributed by atoms with van der Waals surface area (Å²) < 4.78 is 0. The van der Waals surface area contributed by atoms with Crippen molar-refractivity contribution >= 4 is 41.4 Å². The van der Waals surface area contributed by atoms with Gasteiger partial charge >= 0.3 is 6.03 Å². The minimum Gasteiger partial charge on any atom is -0.347 e. The molecule has 1 aromatic carbocycles. The van der Waals surface area contributed by atoms with Gasteiger partial charge in [0.1, 0.15) is 18.1 Å². The number of amides is 7. The third-order valence-corrected chi connectivity index (χ3v) is 10.4. The third-order valence-electron chi connectivity index (χ3n) is 10.4. The molecule has 1 heterocycles. The molecule has 7 atom stereocenters. The van der Waals surface area contributed by atoms with Gasteiger partial charge in [-0.05, 0) is 48.0 Å². The summed E-state index contributed by atoms with van der Waals surface area (Å²) in [5.41, 5.74) is -0.354. The van der Waals surface area contributed by atoms with E-state index in [0.717, 1.165) is 0 Å². The number of hydrogen-bond donors (Lipinski definition) is 5. The molecule has 288 valence electrons. The monoisotopic (exact) mass is 725 g/mol. The molecule has 0 aromatic heterocycles. The van der Waals surface area contributed by atoms with E-state index in [2.05, 4.69) is 26.6 Å². The molecule has 0 radical (unpaired) electrons. The van der Waals surface area contributed by atoms with Crippen molar-refractivity contribution in [2.24, 2.45) is 22.7 Å². The number of rotatable bonds is 16. The minimum atomic E-state index is -1.20. The molecule has 2 aliphatic rings. The largest absolute Gasteiger partial charge is 0.347 e. The third kappa shape index (κ3) is 10.1. The second-order valence-corrected chi connectivity index (χ2v) is 16.0. The van der Waals surface area contributed by atoms with Crippen molar-refractivity contribution in [1.29, 1.82) is 0 Å². The van der Waals surface area contributed by atoms with Gasteiger partial charge in [-0.2, -0.15) is 0 Å². The fourth-order valence-electron chi connectivity index (χ4n) is 6.87. The Balaban J connectivity index is 1.75. The van der Waals surface area contributed by atoms with Gasteiger partial charge in [0.25, 0.3) is 5.91 Å². The van der Waals surface area contributed by atoms with Crippen LogP contribution in [0.4, 0.5) is 4.79 Å². The number of piperidine rings is 1. The molecule has 1 aromatic rings. The first-order chi connectivity index (χ1) is 24.3. The number of fused-ring (bicyclic) bond motifs is 1. The van der Waals surface area contributed by atoms with Gasteiger partial charge in [0.2, 0.25) is 29.4 Å². The van der Waals surface area contributed by atoms with Crippen LogP contribution >= 0.6 is 0 Å². The fraction of sp³-hybridized carbons (Fsp3) is 0.658. The lowest BCUT2D eigenvalue weighted by Gasteiger charge is -2.38. The molecule has 1 saturated heterocycles. The summed E-state index contributed by atoms with van der Waals surface area (Å²) in [5.74, 6) is -4.09. The van der Waals surface area contributed by atoms with E-state index >= 15 is 0 Å². The van der Waals surface area contributed by atoms with Crippen molar-refractivity contribution in [3.05, 3.63) is 35.9 Å². The Labute approximate surface area is 307 Å². The Hall–Kier alpha value is -4.49. The van der Waals surface area contributed by atoms with Crippen molar-refractivity contribution in [2.45, 2.75) is 111 Å². The van der Waals surface area contributed by atoms with Crippen LogP contribution in [-0.2, 0) is 28.8 Å². The number of likely N-dealkylation sites (tertiary alicyclic amines) is 1. The number of carbonyl (C=O) groups excluding carboxylic acids is 7. The smallest absolute Gasteiger partial charge is 0.315 e. The van der Waals surface area contributed by atoms with Crippen LogP contribution in [0.2, 0.25) is 0 Å². The van der Waals surface area contributed by atoms with E-state index in [0.29, 0.717) is 31.4 Å². The molecule has 2 fully saturated rings. The summed E-state index contributed by atoms with van der Waals surface area (Å²) >= 11 is 0. The molecule has 0 spiro atoms. The summed E-state index contributed by atoms with van der Waals surface area (Å²) in [6.45, 7) is 15.1. The number of urea groups is 1. The van der Waals surface area contributed by atoms with E-state index < -0.39 is 71.6 Å².